The van der Waals surface area contributed by atoms with Crippen LogP contribution < -0.4 is 10.9 Å². The first-order chi connectivity index (χ1) is 8.58. The number of carbonyl (C=O) groups excluding carboxylic acids is 1. The summed E-state index contributed by atoms with van der Waals surface area (Å²) in [5, 5.41) is 8.93. The summed E-state index contributed by atoms with van der Waals surface area (Å²) >= 11 is 0. The summed E-state index contributed by atoms with van der Waals surface area (Å²) in [5.41, 5.74) is 2.43. The highest BCUT2D eigenvalue weighted by atomic mass is 16.2. The fraction of sp³-hybridized carbons (Fsp3) is 0.250. The van der Waals surface area contributed by atoms with Crippen molar-refractivity contribution in [3.63, 3.8) is 0 Å². The van der Waals surface area contributed by atoms with E-state index in [1.54, 1.807) is 6.07 Å². The molecule has 0 radical (unpaired) electrons. The Morgan fingerprint density at radius 3 is 2.83 bits per heavy atom. The molecule has 6 nitrogen and oxygen atoms in total. The minimum absolute atomic E-state index is 0.169. The second kappa shape index (κ2) is 4.87. The first kappa shape index (κ1) is 12.1. The van der Waals surface area contributed by atoms with Crippen molar-refractivity contribution in [2.45, 2.75) is 20.4 Å². The smallest absolute Gasteiger partial charge is 0.269 e. The van der Waals surface area contributed by atoms with Gasteiger partial charge in [-0.3, -0.25) is 14.7 Å². The van der Waals surface area contributed by atoms with Gasteiger partial charge in [0.25, 0.3) is 11.5 Å². The average molecular weight is 246 g/mol. The Balaban J connectivity index is 2.12. The summed E-state index contributed by atoms with van der Waals surface area (Å²) in [7, 11) is 0. The van der Waals surface area contributed by atoms with Gasteiger partial charge in [0.2, 0.25) is 0 Å². The van der Waals surface area contributed by atoms with Crippen LogP contribution in [0.25, 0.3) is 0 Å². The number of H-pyrrole nitrogens is 2. The quantitative estimate of drug-likeness (QED) is 0.742. The Hall–Kier alpha value is -2.37. The molecule has 0 saturated carbocycles. The predicted octanol–water partition coefficient (Wildman–Crippen LogP) is 0.645. The number of aryl methyl sites for hydroxylation is 2. The number of nitrogens with zero attached hydrogens (tertiary/aromatic N) is 1. The molecule has 0 spiro atoms. The monoisotopic (exact) mass is 246 g/mol. The number of amides is 1. The van der Waals surface area contributed by atoms with E-state index in [4.69, 9.17) is 0 Å². The highest BCUT2D eigenvalue weighted by Gasteiger charge is 2.09. The van der Waals surface area contributed by atoms with E-state index in [1.807, 2.05) is 19.9 Å². The van der Waals surface area contributed by atoms with Crippen molar-refractivity contribution >= 4 is 5.91 Å². The van der Waals surface area contributed by atoms with Gasteiger partial charge in [0, 0.05) is 24.0 Å². The van der Waals surface area contributed by atoms with Crippen molar-refractivity contribution in [1.82, 2.24) is 20.5 Å². The molecule has 0 aliphatic carbocycles. The van der Waals surface area contributed by atoms with Gasteiger partial charge in [-0.15, -0.1) is 0 Å². The van der Waals surface area contributed by atoms with E-state index in [9.17, 15) is 9.59 Å². The summed E-state index contributed by atoms with van der Waals surface area (Å²) in [6.07, 6.45) is 1.50. The molecule has 3 N–H and O–H groups in total. The lowest BCUT2D eigenvalue weighted by atomic mass is 10.1. The lowest BCUT2D eigenvalue weighted by Crippen LogP contribution is -2.28. The van der Waals surface area contributed by atoms with Gasteiger partial charge in [0.1, 0.15) is 5.69 Å². The summed E-state index contributed by atoms with van der Waals surface area (Å²) in [4.78, 5) is 26.1. The zero-order valence-electron chi connectivity index (χ0n) is 10.2. The van der Waals surface area contributed by atoms with Crippen molar-refractivity contribution in [2.75, 3.05) is 0 Å². The van der Waals surface area contributed by atoms with Crippen LogP contribution in [0.2, 0.25) is 0 Å². The molecule has 0 fully saturated rings. The molecule has 0 aliphatic rings. The van der Waals surface area contributed by atoms with Gasteiger partial charge in [-0.05, 0) is 31.5 Å². The van der Waals surface area contributed by atoms with Crippen LogP contribution in [0.3, 0.4) is 0 Å². The van der Waals surface area contributed by atoms with Crippen molar-refractivity contribution in [3.05, 3.63) is 51.2 Å². The average Bonchev–Trinajstić information content (AvgIpc) is 2.80. The van der Waals surface area contributed by atoms with Crippen LogP contribution in [0, 0.1) is 13.8 Å². The highest BCUT2D eigenvalue weighted by molar-refractivity contribution is 5.92. The number of aromatic nitrogens is 3. The third kappa shape index (κ3) is 2.48. The highest BCUT2D eigenvalue weighted by Crippen LogP contribution is 2.03. The Bertz CT molecular complexity index is 614. The van der Waals surface area contributed by atoms with Gasteiger partial charge in [-0.1, -0.05) is 0 Å². The fourth-order valence-corrected chi connectivity index (χ4v) is 1.75. The molecule has 0 atom stereocenters. The molecule has 0 aliphatic heterocycles. The largest absolute Gasteiger partial charge is 0.346 e. The SMILES string of the molecule is Cc1cc(C)c(CNC(=O)c2ccn[nH]2)c(=O)[nH]1. The minimum atomic E-state index is -0.285. The van der Waals surface area contributed by atoms with Gasteiger partial charge in [-0.25, -0.2) is 0 Å². The van der Waals surface area contributed by atoms with Gasteiger partial charge in [0.15, 0.2) is 0 Å². The Morgan fingerprint density at radius 2 is 2.22 bits per heavy atom. The number of carbonyl (C=O) groups is 1. The number of nitrogens with one attached hydrogen (secondary N) is 3. The molecule has 0 aromatic carbocycles. The molecular formula is C12H14N4O2. The third-order valence-corrected chi connectivity index (χ3v) is 2.66. The molecule has 2 heterocycles. The molecule has 0 saturated heterocycles. The van der Waals surface area contributed by atoms with E-state index < -0.39 is 0 Å². The standard InChI is InChI=1S/C12H14N4O2/c1-7-5-8(2)15-11(17)9(7)6-13-12(18)10-3-4-14-16-10/h3-5H,6H2,1-2H3,(H,13,18)(H,14,16)(H,15,17). The molecule has 18 heavy (non-hydrogen) atoms. The zero-order chi connectivity index (χ0) is 13.1. The molecule has 2 rings (SSSR count). The predicted molar refractivity (Wildman–Crippen MR) is 66.3 cm³/mol. The van der Waals surface area contributed by atoms with Crippen LogP contribution in [-0.4, -0.2) is 21.1 Å². The Morgan fingerprint density at radius 1 is 1.44 bits per heavy atom. The zero-order valence-corrected chi connectivity index (χ0v) is 10.2. The van der Waals surface area contributed by atoms with Gasteiger partial charge in [-0.2, -0.15) is 5.10 Å². The van der Waals surface area contributed by atoms with Crippen molar-refractivity contribution < 1.29 is 4.79 Å². The molecule has 94 valence electrons. The maximum Gasteiger partial charge on any atom is 0.269 e. The Labute approximate surface area is 103 Å². The van der Waals surface area contributed by atoms with Gasteiger partial charge < -0.3 is 10.3 Å². The van der Waals surface area contributed by atoms with Crippen molar-refractivity contribution in [2.24, 2.45) is 0 Å². The second-order valence-corrected chi connectivity index (χ2v) is 4.10. The molecule has 0 unspecified atom stereocenters. The number of hydrogen-bond acceptors (Lipinski definition) is 3. The van der Waals surface area contributed by atoms with Crippen molar-refractivity contribution in [1.29, 1.82) is 0 Å². The first-order valence-electron chi connectivity index (χ1n) is 5.55. The van der Waals surface area contributed by atoms with Gasteiger partial charge in [0.05, 0.1) is 0 Å². The molecule has 2 aromatic heterocycles. The minimum Gasteiger partial charge on any atom is -0.346 e. The first-order valence-corrected chi connectivity index (χ1v) is 5.55. The van der Waals surface area contributed by atoms with E-state index in [0.29, 0.717) is 11.3 Å². The summed E-state index contributed by atoms with van der Waals surface area (Å²) in [5.74, 6) is -0.285. The van der Waals surface area contributed by atoms with Crippen LogP contribution in [0.15, 0.2) is 23.1 Å². The molecule has 2 aromatic rings. The third-order valence-electron chi connectivity index (χ3n) is 2.66. The van der Waals surface area contributed by atoms with E-state index in [1.165, 1.54) is 6.20 Å². The molecular weight excluding hydrogens is 232 g/mol. The van der Waals surface area contributed by atoms with Crippen LogP contribution in [0.4, 0.5) is 0 Å². The lowest BCUT2D eigenvalue weighted by molar-refractivity contribution is 0.0945. The van der Waals surface area contributed by atoms with Crippen LogP contribution in [0.1, 0.15) is 27.3 Å². The van der Waals surface area contributed by atoms with E-state index in [2.05, 4.69) is 20.5 Å². The lowest BCUT2D eigenvalue weighted by Gasteiger charge is -2.07. The molecule has 1 amide bonds. The van der Waals surface area contributed by atoms with Crippen LogP contribution in [0.5, 0.6) is 0 Å². The number of hydrogen-bond donors (Lipinski definition) is 3. The number of pyridine rings is 1. The number of aromatic amines is 2. The summed E-state index contributed by atoms with van der Waals surface area (Å²) < 4.78 is 0. The fourth-order valence-electron chi connectivity index (χ4n) is 1.75. The van der Waals surface area contributed by atoms with E-state index >= 15 is 0 Å². The normalized spacial score (nSPS) is 10.3. The summed E-state index contributed by atoms with van der Waals surface area (Å²) in [6, 6.07) is 3.45. The Kier molecular flexibility index (Phi) is 3.27. The maximum absolute atomic E-state index is 11.7. The summed E-state index contributed by atoms with van der Waals surface area (Å²) in [6.45, 7) is 3.86. The van der Waals surface area contributed by atoms with Gasteiger partial charge >= 0.3 is 0 Å². The van der Waals surface area contributed by atoms with Crippen LogP contribution >= 0.6 is 0 Å². The van der Waals surface area contributed by atoms with E-state index in [-0.39, 0.29) is 18.0 Å². The molecule has 0 bridgehead atoms. The van der Waals surface area contributed by atoms with E-state index in [0.717, 1.165) is 11.3 Å². The topological polar surface area (TPSA) is 90.6 Å². The number of rotatable bonds is 3. The second-order valence-electron chi connectivity index (χ2n) is 4.10. The van der Waals surface area contributed by atoms with Crippen LogP contribution in [-0.2, 0) is 6.54 Å². The van der Waals surface area contributed by atoms with Crippen molar-refractivity contribution in [3.8, 4) is 0 Å². The maximum atomic E-state index is 11.7. The molecule has 6 heteroatoms.